The maximum Gasteiger partial charge on any atom is 0.228 e. The number of para-hydroxylation sites is 1. The number of rotatable bonds is 3. The lowest BCUT2D eigenvalue weighted by molar-refractivity contribution is 0.419. The average Bonchev–Trinajstić information content (AvgIpc) is 2.31. The zero-order valence-corrected chi connectivity index (χ0v) is 10.2. The zero-order chi connectivity index (χ0) is 13.1. The topological polar surface area (TPSA) is 61.0 Å². The summed E-state index contributed by atoms with van der Waals surface area (Å²) in [6.07, 6.45) is 1.30. The Morgan fingerprint density at radius 1 is 1.22 bits per heavy atom. The monoisotopic (exact) mass is 247 g/mol. The highest BCUT2D eigenvalue weighted by atomic mass is 19.1. The van der Waals surface area contributed by atoms with E-state index in [-0.39, 0.29) is 11.7 Å². The smallest absolute Gasteiger partial charge is 0.228 e. The summed E-state index contributed by atoms with van der Waals surface area (Å²) in [6, 6.07) is 6.16. The van der Waals surface area contributed by atoms with Gasteiger partial charge in [0.25, 0.3) is 0 Å². The molecule has 4 nitrogen and oxygen atoms in total. The van der Waals surface area contributed by atoms with Crippen molar-refractivity contribution in [2.24, 2.45) is 0 Å². The Morgan fingerprint density at radius 2 is 1.94 bits per heavy atom. The van der Waals surface area contributed by atoms with Crippen LogP contribution in [0.25, 0.3) is 0 Å². The van der Waals surface area contributed by atoms with Crippen molar-refractivity contribution in [3.05, 3.63) is 42.0 Å². The van der Waals surface area contributed by atoms with Gasteiger partial charge in [0, 0.05) is 0 Å². The number of anilines is 1. The van der Waals surface area contributed by atoms with Crippen LogP contribution in [0.4, 0.5) is 10.2 Å². The largest absolute Gasteiger partial charge is 0.435 e. The summed E-state index contributed by atoms with van der Waals surface area (Å²) in [5.74, 6) is 0.420. The van der Waals surface area contributed by atoms with Gasteiger partial charge in [-0.2, -0.15) is 0 Å². The molecule has 2 aromatic rings. The summed E-state index contributed by atoms with van der Waals surface area (Å²) in [7, 11) is 0. The first kappa shape index (κ1) is 12.3. The minimum Gasteiger partial charge on any atom is -0.435 e. The van der Waals surface area contributed by atoms with E-state index in [1.54, 1.807) is 12.1 Å². The van der Waals surface area contributed by atoms with E-state index >= 15 is 0 Å². The molecule has 0 aliphatic carbocycles. The van der Waals surface area contributed by atoms with Crippen molar-refractivity contribution in [2.75, 3.05) is 5.73 Å². The third kappa shape index (κ3) is 2.40. The van der Waals surface area contributed by atoms with Crippen molar-refractivity contribution in [2.45, 2.75) is 19.8 Å². The first-order chi connectivity index (χ1) is 8.59. The van der Waals surface area contributed by atoms with E-state index in [0.717, 1.165) is 0 Å². The first-order valence-corrected chi connectivity index (χ1v) is 5.62. The van der Waals surface area contributed by atoms with Gasteiger partial charge >= 0.3 is 0 Å². The molecule has 2 rings (SSSR count). The van der Waals surface area contributed by atoms with Crippen molar-refractivity contribution < 1.29 is 9.13 Å². The van der Waals surface area contributed by atoms with Crippen molar-refractivity contribution in [3.8, 4) is 11.6 Å². The van der Waals surface area contributed by atoms with Crippen molar-refractivity contribution in [1.82, 2.24) is 9.97 Å². The third-order valence-corrected chi connectivity index (χ3v) is 2.50. The molecule has 0 fully saturated rings. The molecular formula is C13H14FN3O. The van der Waals surface area contributed by atoms with Gasteiger partial charge in [-0.1, -0.05) is 26.0 Å². The van der Waals surface area contributed by atoms with E-state index in [2.05, 4.69) is 9.97 Å². The van der Waals surface area contributed by atoms with Gasteiger partial charge in [-0.3, -0.25) is 0 Å². The van der Waals surface area contributed by atoms with Gasteiger partial charge in [-0.05, 0) is 18.1 Å². The minimum atomic E-state index is -0.440. The molecule has 2 N–H and O–H groups in total. The Labute approximate surface area is 105 Å². The molecule has 0 aliphatic heterocycles. The van der Waals surface area contributed by atoms with Crippen LogP contribution in [0.3, 0.4) is 0 Å². The predicted octanol–water partition coefficient (Wildman–Crippen LogP) is 3.11. The van der Waals surface area contributed by atoms with Gasteiger partial charge in [0.05, 0.1) is 5.56 Å². The van der Waals surface area contributed by atoms with Crippen LogP contribution >= 0.6 is 0 Å². The summed E-state index contributed by atoms with van der Waals surface area (Å²) in [5, 5.41) is 0. The second-order valence-corrected chi connectivity index (χ2v) is 4.16. The number of nitrogens with two attached hydrogens (primary N) is 1. The number of hydrogen-bond donors (Lipinski definition) is 1. The first-order valence-electron chi connectivity index (χ1n) is 5.62. The Balaban J connectivity index is 2.41. The quantitative estimate of drug-likeness (QED) is 0.905. The normalized spacial score (nSPS) is 10.7. The molecule has 0 unspecified atom stereocenters. The van der Waals surface area contributed by atoms with E-state index < -0.39 is 5.82 Å². The standard InChI is InChI=1S/C13H14FN3O/c1-8(2)11-12(15)16-7-17-13(11)18-10-6-4-3-5-9(10)14/h3-8H,1-2H3,(H2,15,16,17). The highest BCUT2D eigenvalue weighted by Gasteiger charge is 2.16. The molecule has 0 radical (unpaired) electrons. The van der Waals surface area contributed by atoms with E-state index in [9.17, 15) is 4.39 Å². The SMILES string of the molecule is CC(C)c1c(N)ncnc1Oc1ccccc1F. The van der Waals surface area contributed by atoms with Crippen LogP contribution in [-0.2, 0) is 0 Å². The maximum absolute atomic E-state index is 13.5. The molecular weight excluding hydrogens is 233 g/mol. The van der Waals surface area contributed by atoms with E-state index in [4.69, 9.17) is 10.5 Å². The molecule has 1 aromatic heterocycles. The molecule has 0 saturated heterocycles. The summed E-state index contributed by atoms with van der Waals surface area (Å²) in [5.41, 5.74) is 6.47. The average molecular weight is 247 g/mol. The Morgan fingerprint density at radius 3 is 2.61 bits per heavy atom. The fraction of sp³-hybridized carbons (Fsp3) is 0.231. The number of aromatic nitrogens is 2. The highest BCUT2D eigenvalue weighted by Crippen LogP contribution is 2.32. The predicted molar refractivity (Wildman–Crippen MR) is 67.0 cm³/mol. The van der Waals surface area contributed by atoms with E-state index in [1.807, 2.05) is 13.8 Å². The van der Waals surface area contributed by atoms with Crippen molar-refractivity contribution >= 4 is 5.82 Å². The van der Waals surface area contributed by atoms with Gasteiger partial charge in [-0.25, -0.2) is 14.4 Å². The van der Waals surface area contributed by atoms with Gasteiger partial charge in [-0.15, -0.1) is 0 Å². The van der Waals surface area contributed by atoms with Crippen LogP contribution < -0.4 is 10.5 Å². The van der Waals surface area contributed by atoms with Gasteiger partial charge < -0.3 is 10.5 Å². The number of ether oxygens (including phenoxy) is 1. The number of hydrogen-bond acceptors (Lipinski definition) is 4. The molecule has 0 aliphatic rings. The molecule has 0 spiro atoms. The minimum absolute atomic E-state index is 0.0907. The fourth-order valence-electron chi connectivity index (χ4n) is 1.65. The Bertz CT molecular complexity index is 558. The second kappa shape index (κ2) is 5.00. The van der Waals surface area contributed by atoms with Gasteiger partial charge in [0.2, 0.25) is 5.88 Å². The summed E-state index contributed by atoms with van der Waals surface area (Å²) >= 11 is 0. The molecule has 5 heteroatoms. The molecule has 0 atom stereocenters. The molecule has 94 valence electrons. The van der Waals surface area contributed by atoms with Crippen LogP contribution in [0.5, 0.6) is 11.6 Å². The Hall–Kier alpha value is -2.17. The van der Waals surface area contributed by atoms with Crippen LogP contribution in [-0.4, -0.2) is 9.97 Å². The lowest BCUT2D eigenvalue weighted by Gasteiger charge is -2.13. The molecule has 1 aromatic carbocycles. The van der Waals surface area contributed by atoms with Gasteiger partial charge in [0.15, 0.2) is 11.6 Å². The van der Waals surface area contributed by atoms with Gasteiger partial charge in [0.1, 0.15) is 12.1 Å². The fourth-order valence-corrected chi connectivity index (χ4v) is 1.65. The lowest BCUT2D eigenvalue weighted by Crippen LogP contribution is -2.04. The van der Waals surface area contributed by atoms with Crippen LogP contribution in [0.2, 0.25) is 0 Å². The third-order valence-electron chi connectivity index (χ3n) is 2.50. The number of benzene rings is 1. The molecule has 0 bridgehead atoms. The maximum atomic E-state index is 13.5. The Kier molecular flexibility index (Phi) is 3.41. The van der Waals surface area contributed by atoms with Crippen LogP contribution in [0, 0.1) is 5.82 Å². The van der Waals surface area contributed by atoms with E-state index in [0.29, 0.717) is 17.3 Å². The number of nitrogens with zero attached hydrogens (tertiary/aromatic N) is 2. The zero-order valence-electron chi connectivity index (χ0n) is 10.2. The number of nitrogen functional groups attached to an aromatic ring is 1. The van der Waals surface area contributed by atoms with Crippen molar-refractivity contribution in [1.29, 1.82) is 0 Å². The van der Waals surface area contributed by atoms with Crippen molar-refractivity contribution in [3.63, 3.8) is 0 Å². The second-order valence-electron chi connectivity index (χ2n) is 4.16. The summed E-state index contributed by atoms with van der Waals surface area (Å²) < 4.78 is 19.0. The highest BCUT2D eigenvalue weighted by molar-refractivity contribution is 5.48. The number of halogens is 1. The lowest BCUT2D eigenvalue weighted by atomic mass is 10.1. The molecule has 18 heavy (non-hydrogen) atoms. The molecule has 0 saturated carbocycles. The molecule has 1 heterocycles. The van der Waals surface area contributed by atoms with Crippen LogP contribution in [0.1, 0.15) is 25.3 Å². The summed E-state index contributed by atoms with van der Waals surface area (Å²) in [4.78, 5) is 7.94. The van der Waals surface area contributed by atoms with E-state index in [1.165, 1.54) is 18.5 Å². The summed E-state index contributed by atoms with van der Waals surface area (Å²) in [6.45, 7) is 3.90. The molecule has 0 amide bonds. The van der Waals surface area contributed by atoms with Crippen LogP contribution in [0.15, 0.2) is 30.6 Å².